The van der Waals surface area contributed by atoms with Gasteiger partial charge in [-0.2, -0.15) is 0 Å². The Bertz CT molecular complexity index is 1800. The fourth-order valence-electron chi connectivity index (χ4n) is 11.9. The van der Waals surface area contributed by atoms with Gasteiger partial charge in [0, 0.05) is 23.0 Å². The van der Waals surface area contributed by atoms with E-state index >= 15 is 0 Å². The van der Waals surface area contributed by atoms with Crippen molar-refractivity contribution in [2.45, 2.75) is 112 Å². The third-order valence-corrected chi connectivity index (χ3v) is 15.5. The number of benzene rings is 2. The highest BCUT2D eigenvalue weighted by atomic mass is 16.5. The molecule has 8 unspecified atom stereocenters. The third-order valence-electron chi connectivity index (χ3n) is 15.5. The van der Waals surface area contributed by atoms with Gasteiger partial charge in [-0.3, -0.25) is 0 Å². The molecule has 0 radical (unpaired) electrons. The number of esters is 2. The maximum absolute atomic E-state index is 13.1. The molecule has 3 saturated carbocycles. The van der Waals surface area contributed by atoms with Crippen molar-refractivity contribution in [2.75, 3.05) is 6.61 Å². The number of hydrogen-bond donors (Lipinski definition) is 0. The maximum atomic E-state index is 13.1. The van der Waals surface area contributed by atoms with E-state index < -0.39 is 0 Å². The number of hydrogen-bond acceptors (Lipinski definition) is 4. The second-order valence-corrected chi connectivity index (χ2v) is 19.0. The van der Waals surface area contributed by atoms with Crippen LogP contribution in [0.25, 0.3) is 12.2 Å². The third kappa shape index (κ3) is 6.26. The summed E-state index contributed by atoms with van der Waals surface area (Å²) in [5.41, 5.74) is 5.51. The highest BCUT2D eigenvalue weighted by Crippen LogP contribution is 2.74. The van der Waals surface area contributed by atoms with Gasteiger partial charge in [0.05, 0.1) is 6.61 Å². The van der Waals surface area contributed by atoms with Gasteiger partial charge in [-0.25, -0.2) is 9.59 Å². The number of carbonyl (C=O) groups excluding carboxylic acids is 2. The summed E-state index contributed by atoms with van der Waals surface area (Å²) in [6, 6.07) is 19.9. The molecule has 2 aromatic rings. The van der Waals surface area contributed by atoms with Gasteiger partial charge in [-0.1, -0.05) is 121 Å². The molecule has 0 aromatic heterocycles. The van der Waals surface area contributed by atoms with Gasteiger partial charge in [0.25, 0.3) is 0 Å². The number of ether oxygens (including phenoxy) is 2. The van der Waals surface area contributed by atoms with Crippen molar-refractivity contribution in [2.24, 2.45) is 44.3 Å². The van der Waals surface area contributed by atoms with Gasteiger partial charge >= 0.3 is 11.9 Å². The Labute approximate surface area is 312 Å². The summed E-state index contributed by atoms with van der Waals surface area (Å²) in [6.07, 6.45) is 21.8. The van der Waals surface area contributed by atoms with Crippen molar-refractivity contribution in [3.63, 3.8) is 0 Å². The van der Waals surface area contributed by atoms with E-state index in [1.165, 1.54) is 19.3 Å². The van der Waals surface area contributed by atoms with E-state index in [1.54, 1.807) is 23.3 Å². The monoisotopic (exact) mass is 700 g/mol. The fraction of sp³-hybridized carbons (Fsp3) is 0.542. The van der Waals surface area contributed by atoms with E-state index in [1.807, 2.05) is 72.8 Å². The van der Waals surface area contributed by atoms with Gasteiger partial charge in [-0.05, 0) is 126 Å². The van der Waals surface area contributed by atoms with E-state index in [9.17, 15) is 9.59 Å². The van der Waals surface area contributed by atoms with Crippen LogP contribution in [0, 0.1) is 44.3 Å². The van der Waals surface area contributed by atoms with Gasteiger partial charge in [-0.15, -0.1) is 0 Å². The summed E-state index contributed by atoms with van der Waals surface area (Å²) >= 11 is 0. The van der Waals surface area contributed by atoms with E-state index in [2.05, 4.69) is 60.6 Å². The second-order valence-electron chi connectivity index (χ2n) is 19.0. The average Bonchev–Trinajstić information content (AvgIpc) is 3.13. The van der Waals surface area contributed by atoms with Gasteiger partial charge in [0.2, 0.25) is 0 Å². The Balaban J connectivity index is 1.08. The molecule has 0 aliphatic heterocycles. The van der Waals surface area contributed by atoms with Crippen molar-refractivity contribution in [3.05, 3.63) is 107 Å². The van der Waals surface area contributed by atoms with Crippen LogP contribution in [0.5, 0.6) is 0 Å². The van der Waals surface area contributed by atoms with Crippen LogP contribution in [0.4, 0.5) is 0 Å². The van der Waals surface area contributed by atoms with E-state index in [0.717, 1.165) is 49.7 Å². The van der Waals surface area contributed by atoms with Crippen LogP contribution in [0.2, 0.25) is 0 Å². The highest BCUT2D eigenvalue weighted by Gasteiger charge is 2.66. The van der Waals surface area contributed by atoms with Crippen LogP contribution in [-0.2, 0) is 19.1 Å². The molecule has 276 valence electrons. The number of fused-ring (bicyclic) bond motifs is 7. The van der Waals surface area contributed by atoms with Crippen molar-refractivity contribution >= 4 is 24.1 Å². The largest absolute Gasteiger partial charge is 0.462 e. The van der Waals surface area contributed by atoms with Crippen LogP contribution in [0.15, 0.2) is 96.1 Å². The molecular weight excluding hydrogens is 641 g/mol. The van der Waals surface area contributed by atoms with Gasteiger partial charge < -0.3 is 9.47 Å². The minimum absolute atomic E-state index is 0.0418. The lowest BCUT2D eigenvalue weighted by Gasteiger charge is -2.69. The number of allylic oxidation sites excluding steroid dienone is 4. The van der Waals surface area contributed by atoms with E-state index in [0.29, 0.717) is 18.4 Å². The Morgan fingerprint density at radius 3 is 1.98 bits per heavy atom. The quantitative estimate of drug-likeness (QED) is 0.213. The van der Waals surface area contributed by atoms with Gasteiger partial charge in [0.15, 0.2) is 0 Å². The predicted molar refractivity (Wildman–Crippen MR) is 211 cm³/mol. The average molecular weight is 701 g/mol. The lowest BCUT2D eigenvalue weighted by molar-refractivity contribution is -0.166. The Hall–Kier alpha value is -3.66. The molecule has 7 rings (SSSR count). The molecule has 0 heterocycles. The summed E-state index contributed by atoms with van der Waals surface area (Å²) in [4.78, 5) is 25.9. The lowest BCUT2D eigenvalue weighted by Crippen LogP contribution is -2.61. The zero-order valence-corrected chi connectivity index (χ0v) is 32.7. The number of rotatable bonds is 7. The molecule has 0 N–H and O–H groups in total. The summed E-state index contributed by atoms with van der Waals surface area (Å²) < 4.78 is 12.2. The molecule has 8 atom stereocenters. The van der Waals surface area contributed by atoms with Crippen molar-refractivity contribution < 1.29 is 19.1 Å². The first-order chi connectivity index (χ1) is 24.6. The Morgan fingerprint density at radius 2 is 1.33 bits per heavy atom. The highest BCUT2D eigenvalue weighted by molar-refractivity contribution is 5.87. The predicted octanol–water partition coefficient (Wildman–Crippen LogP) is 11.6. The fourth-order valence-corrected chi connectivity index (χ4v) is 11.9. The molecule has 0 bridgehead atoms. The maximum Gasteiger partial charge on any atom is 0.331 e. The summed E-state index contributed by atoms with van der Waals surface area (Å²) in [5.74, 6) is 0.427. The molecule has 5 aliphatic rings. The van der Waals surface area contributed by atoms with Crippen molar-refractivity contribution in [3.8, 4) is 0 Å². The molecular formula is C48H60O4. The zero-order chi connectivity index (χ0) is 37.0. The minimum atomic E-state index is -0.255. The minimum Gasteiger partial charge on any atom is -0.462 e. The molecule has 52 heavy (non-hydrogen) atoms. The molecule has 4 nitrogen and oxygen atoms in total. The zero-order valence-electron chi connectivity index (χ0n) is 32.7. The Kier molecular flexibility index (Phi) is 9.40. The van der Waals surface area contributed by atoms with Crippen LogP contribution in [0.1, 0.15) is 117 Å². The first-order valence-corrected chi connectivity index (χ1v) is 19.9. The van der Waals surface area contributed by atoms with E-state index in [-0.39, 0.29) is 50.5 Å². The summed E-state index contributed by atoms with van der Waals surface area (Å²) in [5, 5.41) is 0. The molecule has 0 spiro atoms. The molecule has 4 heteroatoms. The summed E-state index contributed by atoms with van der Waals surface area (Å²) in [7, 11) is 0. The molecule has 2 aromatic carbocycles. The molecule has 0 amide bonds. The van der Waals surface area contributed by atoms with Crippen LogP contribution < -0.4 is 0 Å². The standard InChI is InChI=1S/C48H60O4/c1-43(2)38-21-20-37-36(46(38,5)26-25-40(43)52-42(50)23-19-35-16-12-9-13-17-35)24-27-48(7)39-32-44(3,28-29-45(39,4)30-31-47(37,48)6)33-51-41(49)22-18-34-14-10-8-11-15-34/h8-20,22-24,38-40H,21,25-33H2,1-7H3. The molecule has 0 saturated heterocycles. The van der Waals surface area contributed by atoms with Crippen LogP contribution in [0.3, 0.4) is 0 Å². The topological polar surface area (TPSA) is 52.6 Å². The summed E-state index contributed by atoms with van der Waals surface area (Å²) in [6.45, 7) is 17.8. The van der Waals surface area contributed by atoms with Crippen molar-refractivity contribution in [1.82, 2.24) is 0 Å². The SMILES string of the molecule is CC1(COC(=O)C=Cc2ccccc2)CCC2(C)CCC3(C)C4=CCC5C(C)(CCC(OC(=O)C=Cc6ccccc6)C5(C)C)C4=CCC3(C)C2C1. The normalized spacial score (nSPS) is 37.9. The number of carbonyl (C=O) groups is 2. The molecule has 3 fully saturated rings. The second kappa shape index (κ2) is 13.3. The Morgan fingerprint density at radius 1 is 0.712 bits per heavy atom. The molecule has 5 aliphatic carbocycles. The van der Waals surface area contributed by atoms with Crippen molar-refractivity contribution in [1.29, 1.82) is 0 Å². The smallest absolute Gasteiger partial charge is 0.331 e. The van der Waals surface area contributed by atoms with E-state index in [4.69, 9.17) is 9.47 Å². The van der Waals surface area contributed by atoms with Crippen LogP contribution in [-0.4, -0.2) is 24.6 Å². The van der Waals surface area contributed by atoms with Gasteiger partial charge in [0.1, 0.15) is 6.10 Å². The first kappa shape index (κ1) is 36.7. The van der Waals surface area contributed by atoms with Crippen LogP contribution >= 0.6 is 0 Å². The first-order valence-electron chi connectivity index (χ1n) is 19.9. The lowest BCUT2D eigenvalue weighted by atomic mass is 9.36.